The van der Waals surface area contributed by atoms with Crippen LogP contribution in [0.25, 0.3) is 0 Å². The molecule has 0 heterocycles. The maximum absolute atomic E-state index is 13.5. The number of nitrogens with zero attached hydrogens (tertiary/aromatic N) is 4. The van der Waals surface area contributed by atoms with Crippen molar-refractivity contribution in [1.29, 1.82) is 0 Å². The number of primary amides is 1. The summed E-state index contributed by atoms with van der Waals surface area (Å²) in [7, 11) is 0. The zero-order chi connectivity index (χ0) is 46.2. The Hall–Kier alpha value is -6.43. The van der Waals surface area contributed by atoms with Crippen molar-refractivity contribution in [3.8, 4) is 0 Å². The zero-order valence-electron chi connectivity index (χ0n) is 35.2. The summed E-state index contributed by atoms with van der Waals surface area (Å²) in [5, 5.41) is 14.0. The lowest BCUT2D eigenvalue weighted by Crippen LogP contribution is -2.46. The summed E-state index contributed by atoms with van der Waals surface area (Å²) in [6, 6.07) is -3.31. The van der Waals surface area contributed by atoms with Crippen LogP contribution in [0.15, 0.2) is 20.0 Å². The minimum Gasteiger partial charge on any atom is -0.370 e. The Morgan fingerprint density at radius 3 is 1.00 bits per heavy atom. The summed E-state index contributed by atoms with van der Waals surface area (Å²) in [6.07, 6.45) is 3.02. The Kier molecular flexibility index (Phi) is 29.0. The van der Waals surface area contributed by atoms with Gasteiger partial charge in [-0.1, -0.05) is 0 Å². The van der Waals surface area contributed by atoms with Crippen LogP contribution in [0.3, 0.4) is 0 Å². The minimum absolute atomic E-state index is 0.0347. The van der Waals surface area contributed by atoms with E-state index in [9.17, 15) is 33.6 Å². The first-order chi connectivity index (χ1) is 28.8. The topological polar surface area (TPSA) is 463 Å². The number of nitrogens with two attached hydrogens (primary N) is 9. The number of hydrogen-bond donors (Lipinski definition) is 14. The van der Waals surface area contributed by atoms with Crippen molar-refractivity contribution in [2.45, 2.75) is 133 Å². The maximum Gasteiger partial charge on any atom is 0.222 e. The number of aliphatic imine (C=N–C) groups is 4. The van der Waals surface area contributed by atoms with Gasteiger partial charge in [0, 0.05) is 102 Å². The predicted molar refractivity (Wildman–Crippen MR) is 233 cm³/mol. The smallest absolute Gasteiger partial charge is 0.222 e. The van der Waals surface area contributed by atoms with Crippen molar-refractivity contribution >= 4 is 65.6 Å². The number of aldehydes is 1. The van der Waals surface area contributed by atoms with E-state index in [4.69, 9.17) is 51.6 Å². The first kappa shape index (κ1) is 54.6. The fraction of sp³-hybridized carbons (Fsp3) is 0.694. The van der Waals surface area contributed by atoms with Crippen molar-refractivity contribution in [1.82, 2.24) is 26.6 Å². The summed E-state index contributed by atoms with van der Waals surface area (Å²) in [5.74, 6) is -3.34. The van der Waals surface area contributed by atoms with Gasteiger partial charge in [-0.15, -0.1) is 0 Å². The molecule has 0 aromatic carbocycles. The second-order valence-corrected chi connectivity index (χ2v) is 14.5. The Balaban J connectivity index is 5.99. The molecule has 0 saturated heterocycles. The van der Waals surface area contributed by atoms with Gasteiger partial charge in [0.15, 0.2) is 23.8 Å². The lowest BCUT2D eigenvalue weighted by molar-refractivity contribution is -0.126. The van der Waals surface area contributed by atoms with Crippen LogP contribution < -0.4 is 78.2 Å². The van der Waals surface area contributed by atoms with Gasteiger partial charge in [-0.3, -0.25) is 48.7 Å². The number of hydrogen-bond acceptors (Lipinski definition) is 11. The van der Waals surface area contributed by atoms with Gasteiger partial charge in [0.2, 0.25) is 35.4 Å². The molecule has 0 fully saturated rings. The maximum atomic E-state index is 13.5. The van der Waals surface area contributed by atoms with Crippen LogP contribution >= 0.6 is 0 Å². The van der Waals surface area contributed by atoms with Crippen LogP contribution in [0.1, 0.15) is 103 Å². The first-order valence-electron chi connectivity index (χ1n) is 20.2. The molecule has 0 aromatic rings. The quantitative estimate of drug-likeness (QED) is 0.0125. The molecule has 0 radical (unpaired) electrons. The average Bonchev–Trinajstić information content (AvgIpc) is 3.13. The van der Waals surface area contributed by atoms with Crippen LogP contribution in [-0.2, 0) is 33.6 Å². The lowest BCUT2D eigenvalue weighted by Gasteiger charge is -2.24. The highest BCUT2D eigenvalue weighted by molar-refractivity contribution is 5.83. The lowest BCUT2D eigenvalue weighted by atomic mass is 10.0. The molecule has 0 aliphatic carbocycles. The molecule has 0 bridgehead atoms. The molecule has 346 valence electrons. The third kappa shape index (κ3) is 33.1. The van der Waals surface area contributed by atoms with E-state index >= 15 is 0 Å². The van der Waals surface area contributed by atoms with Gasteiger partial charge in [0.25, 0.3) is 0 Å². The molecular formula is C36H70N18O7. The second-order valence-electron chi connectivity index (χ2n) is 14.5. The van der Waals surface area contributed by atoms with Crippen LogP contribution in [0.5, 0.6) is 0 Å². The molecule has 6 amide bonds. The Morgan fingerprint density at radius 1 is 0.443 bits per heavy atom. The van der Waals surface area contributed by atoms with Crippen LogP contribution in [0.2, 0.25) is 0 Å². The fourth-order valence-electron chi connectivity index (χ4n) is 6.10. The normalized spacial score (nSPS) is 13.0. The Morgan fingerprint density at radius 2 is 0.721 bits per heavy atom. The van der Waals surface area contributed by atoms with Gasteiger partial charge in [0.1, 0.15) is 6.29 Å². The van der Waals surface area contributed by atoms with E-state index in [2.05, 4.69) is 46.6 Å². The van der Waals surface area contributed by atoms with Gasteiger partial charge in [-0.25, -0.2) is 0 Å². The largest absolute Gasteiger partial charge is 0.370 e. The minimum atomic E-state index is -0.835. The van der Waals surface area contributed by atoms with E-state index in [0.717, 1.165) is 0 Å². The molecule has 0 saturated carbocycles. The van der Waals surface area contributed by atoms with Gasteiger partial charge in [-0.2, -0.15) is 0 Å². The van der Waals surface area contributed by atoms with Crippen molar-refractivity contribution in [2.75, 3.05) is 26.2 Å². The summed E-state index contributed by atoms with van der Waals surface area (Å²) in [4.78, 5) is 104. The summed E-state index contributed by atoms with van der Waals surface area (Å²) in [6.45, 7) is 2.35. The summed E-state index contributed by atoms with van der Waals surface area (Å²) < 4.78 is 0. The SMILES string of the molecule is CC(=O)N[C@@H](CCCN=C(N)N)CC(=O)N[C@@H](CCC(N)=O)CC(=O)N[C@@H](CCCN=C(N)N)CC(=O)N[C@@H](CCCN=C(N)N)CC(=O)N[C@H](CC=O)CCCN=C(N)N. The van der Waals surface area contributed by atoms with Gasteiger partial charge in [-0.05, 0) is 57.8 Å². The molecule has 25 heteroatoms. The third-order valence-electron chi connectivity index (χ3n) is 8.74. The van der Waals surface area contributed by atoms with E-state index in [-0.39, 0.29) is 101 Å². The first-order valence-corrected chi connectivity index (χ1v) is 20.2. The number of carbonyl (C=O) groups excluding carboxylic acids is 7. The number of guanidine groups is 4. The number of carbonyl (C=O) groups is 7. The summed E-state index contributed by atoms with van der Waals surface area (Å²) in [5.41, 5.74) is 48.7. The summed E-state index contributed by atoms with van der Waals surface area (Å²) >= 11 is 0. The van der Waals surface area contributed by atoms with Gasteiger partial charge < -0.3 is 83.0 Å². The Bertz CT molecular complexity index is 1510. The van der Waals surface area contributed by atoms with Gasteiger partial charge in [0.05, 0.1) is 0 Å². The number of amides is 6. The van der Waals surface area contributed by atoms with Crippen molar-refractivity contribution < 1.29 is 33.6 Å². The molecule has 0 rings (SSSR count). The van der Waals surface area contributed by atoms with E-state index in [1.165, 1.54) is 6.92 Å². The average molecular weight is 867 g/mol. The molecule has 23 N–H and O–H groups in total. The fourth-order valence-corrected chi connectivity index (χ4v) is 6.10. The van der Waals surface area contributed by atoms with E-state index in [1.807, 2.05) is 0 Å². The Labute approximate surface area is 356 Å². The van der Waals surface area contributed by atoms with Crippen molar-refractivity contribution in [3.63, 3.8) is 0 Å². The highest BCUT2D eigenvalue weighted by Crippen LogP contribution is 2.11. The monoisotopic (exact) mass is 867 g/mol. The third-order valence-corrected chi connectivity index (χ3v) is 8.74. The van der Waals surface area contributed by atoms with Crippen LogP contribution in [0, 0.1) is 0 Å². The highest BCUT2D eigenvalue weighted by Gasteiger charge is 2.25. The van der Waals surface area contributed by atoms with Crippen LogP contribution in [0.4, 0.5) is 0 Å². The molecule has 25 nitrogen and oxygen atoms in total. The molecule has 61 heavy (non-hydrogen) atoms. The molecule has 5 atom stereocenters. The van der Waals surface area contributed by atoms with E-state index < -0.39 is 59.7 Å². The zero-order valence-corrected chi connectivity index (χ0v) is 35.2. The molecule has 0 aliphatic heterocycles. The predicted octanol–water partition coefficient (Wildman–Crippen LogP) is -4.94. The second kappa shape index (κ2) is 32.4. The standard InChI is InChI=1S/C36H70N18O7/c1-22(56)50-24(7-3-14-47-34(40)41)18-30(59)54-27(10-11-28(37)57)21-32(61)53-26(9-5-16-49-36(44)45)20-31(60)52-25(8-4-15-48-35(42)43)19-29(58)51-23(12-17-55)6-2-13-46-33(38)39/h17,23-27H,2-16,18-21H2,1H3,(H2,37,57)(H,50,56)(H,51,58)(H,52,60)(H,53,61)(H,54,59)(H4,38,39,46)(H4,40,41,47)(H4,42,43,48)(H4,44,45,49)/t23-,24-,25-,26-,27-/m0/s1. The van der Waals surface area contributed by atoms with Crippen LogP contribution in [-0.4, -0.2) is 122 Å². The van der Waals surface area contributed by atoms with Crippen molar-refractivity contribution in [3.05, 3.63) is 0 Å². The van der Waals surface area contributed by atoms with Crippen molar-refractivity contribution in [2.24, 2.45) is 71.6 Å². The molecule has 0 aromatic heterocycles. The van der Waals surface area contributed by atoms with E-state index in [1.54, 1.807) is 0 Å². The molecule has 0 aliphatic rings. The molecular weight excluding hydrogens is 797 g/mol. The number of rotatable bonds is 34. The molecule has 0 unspecified atom stereocenters. The number of nitrogens with one attached hydrogen (secondary N) is 5. The van der Waals surface area contributed by atoms with E-state index in [0.29, 0.717) is 57.8 Å². The highest BCUT2D eigenvalue weighted by atomic mass is 16.2. The van der Waals surface area contributed by atoms with Gasteiger partial charge >= 0.3 is 0 Å². The molecule has 0 spiro atoms.